The van der Waals surface area contributed by atoms with Crippen molar-refractivity contribution >= 4 is 11.8 Å². The maximum absolute atomic E-state index is 12.9. The molecule has 130 valence electrons. The summed E-state index contributed by atoms with van der Waals surface area (Å²) in [7, 11) is 0. The zero-order valence-corrected chi connectivity index (χ0v) is 15.1. The van der Waals surface area contributed by atoms with Crippen LogP contribution in [0.25, 0.3) is 0 Å². The molecule has 3 rings (SSSR count). The van der Waals surface area contributed by atoms with Crippen molar-refractivity contribution in [2.45, 2.75) is 46.5 Å². The van der Waals surface area contributed by atoms with Gasteiger partial charge in [0.2, 0.25) is 5.91 Å². The molecule has 0 atom stereocenters. The van der Waals surface area contributed by atoms with E-state index in [9.17, 15) is 9.59 Å². The molecule has 1 saturated carbocycles. The quantitative estimate of drug-likeness (QED) is 0.837. The highest BCUT2D eigenvalue weighted by atomic mass is 16.2. The predicted octanol–water partition coefficient (Wildman–Crippen LogP) is 3.09. The lowest BCUT2D eigenvalue weighted by Gasteiger charge is -2.31. The monoisotopic (exact) mass is 328 g/mol. The maximum atomic E-state index is 12.9. The van der Waals surface area contributed by atoms with E-state index in [4.69, 9.17) is 0 Å². The first kappa shape index (κ1) is 17.0. The summed E-state index contributed by atoms with van der Waals surface area (Å²) in [5.74, 6) is 0.653. The van der Waals surface area contributed by atoms with Gasteiger partial charge in [0.05, 0.1) is 0 Å². The zero-order chi connectivity index (χ0) is 17.3. The summed E-state index contributed by atoms with van der Waals surface area (Å²) in [6.45, 7) is 8.96. The number of hydrogen-bond donors (Lipinski definition) is 0. The summed E-state index contributed by atoms with van der Waals surface area (Å²) in [5.41, 5.74) is 4.21. The Hall–Kier alpha value is -1.84. The minimum absolute atomic E-state index is 0.105. The van der Waals surface area contributed by atoms with Crippen molar-refractivity contribution < 1.29 is 9.59 Å². The van der Waals surface area contributed by atoms with Gasteiger partial charge in [-0.25, -0.2) is 0 Å². The molecule has 0 spiro atoms. The zero-order valence-electron chi connectivity index (χ0n) is 15.1. The number of carbonyl (C=O) groups is 2. The van der Waals surface area contributed by atoms with Crippen LogP contribution in [0.2, 0.25) is 0 Å². The Morgan fingerprint density at radius 3 is 2.12 bits per heavy atom. The molecule has 1 aromatic rings. The Morgan fingerprint density at radius 1 is 0.833 bits per heavy atom. The molecule has 0 unspecified atom stereocenters. The molecule has 1 aliphatic heterocycles. The molecule has 0 N–H and O–H groups in total. The molecule has 0 bridgehead atoms. The fourth-order valence-electron chi connectivity index (χ4n) is 3.62. The molecule has 2 fully saturated rings. The third-order valence-electron chi connectivity index (χ3n) is 5.62. The third kappa shape index (κ3) is 3.33. The van der Waals surface area contributed by atoms with Crippen LogP contribution in [-0.2, 0) is 4.79 Å². The van der Waals surface area contributed by atoms with E-state index >= 15 is 0 Å². The average Bonchev–Trinajstić information content (AvgIpc) is 2.74. The minimum atomic E-state index is 0.105. The first-order valence-electron chi connectivity index (χ1n) is 9.13. The lowest BCUT2D eigenvalue weighted by atomic mass is 9.84. The van der Waals surface area contributed by atoms with Crippen LogP contribution in [0.1, 0.15) is 52.7 Å². The summed E-state index contributed by atoms with van der Waals surface area (Å²) in [4.78, 5) is 29.3. The van der Waals surface area contributed by atoms with Gasteiger partial charge in [0.25, 0.3) is 5.91 Å². The molecule has 4 heteroatoms. The van der Waals surface area contributed by atoms with Crippen molar-refractivity contribution in [1.82, 2.24) is 9.80 Å². The van der Waals surface area contributed by atoms with Crippen LogP contribution in [-0.4, -0.2) is 47.8 Å². The number of nitrogens with zero attached hydrogens (tertiary/aromatic N) is 2. The van der Waals surface area contributed by atoms with Crippen molar-refractivity contribution in [2.24, 2.45) is 5.92 Å². The van der Waals surface area contributed by atoms with Gasteiger partial charge in [0, 0.05) is 37.7 Å². The van der Waals surface area contributed by atoms with Crippen LogP contribution in [0.5, 0.6) is 0 Å². The van der Waals surface area contributed by atoms with E-state index < -0.39 is 0 Å². The topological polar surface area (TPSA) is 40.6 Å². The number of rotatable bonds is 2. The molecule has 2 aliphatic rings. The average molecular weight is 328 g/mol. The van der Waals surface area contributed by atoms with Crippen LogP contribution in [0, 0.1) is 26.7 Å². The Labute approximate surface area is 144 Å². The number of amides is 2. The molecule has 2 amide bonds. The molecule has 0 aromatic heterocycles. The first-order chi connectivity index (χ1) is 11.5. The molecule has 0 radical (unpaired) electrons. The van der Waals surface area contributed by atoms with Gasteiger partial charge in [-0.15, -0.1) is 0 Å². The van der Waals surface area contributed by atoms with Crippen LogP contribution >= 0.6 is 0 Å². The number of benzene rings is 1. The summed E-state index contributed by atoms with van der Waals surface area (Å²) < 4.78 is 0. The summed E-state index contributed by atoms with van der Waals surface area (Å²) in [6, 6.07) is 4.10. The van der Waals surface area contributed by atoms with Gasteiger partial charge in [-0.05, 0) is 62.8 Å². The van der Waals surface area contributed by atoms with E-state index in [1.165, 1.54) is 12.0 Å². The second kappa shape index (κ2) is 6.96. The van der Waals surface area contributed by atoms with Gasteiger partial charge < -0.3 is 9.80 Å². The maximum Gasteiger partial charge on any atom is 0.254 e. The van der Waals surface area contributed by atoms with Gasteiger partial charge in [-0.2, -0.15) is 0 Å². The van der Waals surface area contributed by atoms with E-state index in [2.05, 4.69) is 13.0 Å². The van der Waals surface area contributed by atoms with E-state index in [1.54, 1.807) is 0 Å². The largest absolute Gasteiger partial charge is 0.341 e. The molecule has 24 heavy (non-hydrogen) atoms. The van der Waals surface area contributed by atoms with Crippen molar-refractivity contribution in [1.29, 1.82) is 0 Å². The summed E-state index contributed by atoms with van der Waals surface area (Å²) in [6.07, 6.45) is 4.13. The fourth-order valence-corrected chi connectivity index (χ4v) is 3.62. The number of carbonyl (C=O) groups excluding carboxylic acids is 2. The van der Waals surface area contributed by atoms with Crippen molar-refractivity contribution in [3.05, 3.63) is 34.4 Å². The van der Waals surface area contributed by atoms with Gasteiger partial charge in [0.1, 0.15) is 0 Å². The SMILES string of the molecule is Cc1cc(C)c(C(=O)N2CCCN(C(=O)C3CCC3)CC2)cc1C. The fraction of sp³-hybridized carbons (Fsp3) is 0.600. The highest BCUT2D eigenvalue weighted by molar-refractivity contribution is 5.96. The second-order valence-corrected chi connectivity index (χ2v) is 7.35. The summed E-state index contributed by atoms with van der Waals surface area (Å²) in [5, 5.41) is 0. The lowest BCUT2D eigenvalue weighted by molar-refractivity contribution is -0.138. The van der Waals surface area contributed by atoms with E-state index in [0.717, 1.165) is 49.0 Å². The number of aryl methyl sites for hydroxylation is 3. The van der Waals surface area contributed by atoms with Gasteiger partial charge >= 0.3 is 0 Å². The van der Waals surface area contributed by atoms with Gasteiger partial charge in [-0.1, -0.05) is 12.5 Å². The Kier molecular flexibility index (Phi) is 4.93. The first-order valence-corrected chi connectivity index (χ1v) is 9.13. The van der Waals surface area contributed by atoms with Gasteiger partial charge in [0.15, 0.2) is 0 Å². The molecule has 1 aromatic carbocycles. The Morgan fingerprint density at radius 2 is 1.46 bits per heavy atom. The van der Waals surface area contributed by atoms with Crippen LogP contribution in [0.15, 0.2) is 12.1 Å². The molecule has 4 nitrogen and oxygen atoms in total. The molecule has 1 heterocycles. The number of hydrogen-bond acceptors (Lipinski definition) is 2. The molecule has 1 aliphatic carbocycles. The normalized spacial score (nSPS) is 19.0. The van der Waals surface area contributed by atoms with Crippen LogP contribution < -0.4 is 0 Å². The van der Waals surface area contributed by atoms with Crippen molar-refractivity contribution in [3.63, 3.8) is 0 Å². The van der Waals surface area contributed by atoms with E-state index in [1.807, 2.05) is 29.7 Å². The highest BCUT2D eigenvalue weighted by Crippen LogP contribution is 2.28. The van der Waals surface area contributed by atoms with Gasteiger partial charge in [-0.3, -0.25) is 9.59 Å². The summed E-state index contributed by atoms with van der Waals surface area (Å²) >= 11 is 0. The van der Waals surface area contributed by atoms with Crippen molar-refractivity contribution in [3.8, 4) is 0 Å². The minimum Gasteiger partial charge on any atom is -0.341 e. The van der Waals surface area contributed by atoms with Crippen LogP contribution in [0.3, 0.4) is 0 Å². The third-order valence-corrected chi connectivity index (χ3v) is 5.62. The Bertz CT molecular complexity index is 649. The highest BCUT2D eigenvalue weighted by Gasteiger charge is 2.31. The van der Waals surface area contributed by atoms with Crippen LogP contribution in [0.4, 0.5) is 0 Å². The predicted molar refractivity (Wildman–Crippen MR) is 95.1 cm³/mol. The second-order valence-electron chi connectivity index (χ2n) is 7.35. The lowest BCUT2D eigenvalue weighted by Crippen LogP contribution is -2.41. The van der Waals surface area contributed by atoms with Crippen molar-refractivity contribution in [2.75, 3.05) is 26.2 Å². The molecular formula is C20H28N2O2. The standard InChI is InChI=1S/C20H28N2O2/c1-14-12-16(3)18(13-15(14)2)20(24)22-9-5-8-21(10-11-22)19(23)17-6-4-7-17/h12-13,17H,4-11H2,1-3H3. The van der Waals surface area contributed by atoms with E-state index in [-0.39, 0.29) is 11.8 Å². The Balaban J connectivity index is 1.68. The van der Waals surface area contributed by atoms with E-state index in [0.29, 0.717) is 19.0 Å². The molecule has 1 saturated heterocycles. The smallest absolute Gasteiger partial charge is 0.254 e. The molecular weight excluding hydrogens is 300 g/mol.